The zero-order chi connectivity index (χ0) is 23.9. The monoisotopic (exact) mass is 489 g/mol. The van der Waals surface area contributed by atoms with Crippen molar-refractivity contribution < 1.29 is 18.0 Å². The number of hydrogen-bond acceptors (Lipinski definition) is 5. The molecule has 34 heavy (non-hydrogen) atoms. The van der Waals surface area contributed by atoms with Gasteiger partial charge < -0.3 is 9.47 Å². The van der Waals surface area contributed by atoms with E-state index >= 15 is 0 Å². The topological polar surface area (TPSA) is 63.4 Å². The van der Waals surface area contributed by atoms with Gasteiger partial charge >= 0.3 is 6.18 Å². The second-order valence-electron chi connectivity index (χ2n) is 9.33. The number of amides is 1. The van der Waals surface area contributed by atoms with Crippen LogP contribution < -0.4 is 0 Å². The van der Waals surface area contributed by atoms with Crippen molar-refractivity contribution in [3.63, 3.8) is 0 Å². The van der Waals surface area contributed by atoms with E-state index in [-0.39, 0.29) is 23.2 Å². The number of carbonyl (C=O) groups excluding carboxylic acids is 1. The number of nitrogens with zero attached hydrogens (tertiary/aromatic N) is 5. The summed E-state index contributed by atoms with van der Waals surface area (Å²) in [4.78, 5) is 17.4. The number of benzene rings is 1. The van der Waals surface area contributed by atoms with Gasteiger partial charge in [-0.2, -0.15) is 13.2 Å². The zero-order valence-corrected chi connectivity index (χ0v) is 19.6. The maximum absolute atomic E-state index is 13.4. The van der Waals surface area contributed by atoms with Crippen molar-refractivity contribution in [2.24, 2.45) is 17.5 Å². The molecule has 2 aliphatic heterocycles. The Labute approximate surface area is 200 Å². The minimum atomic E-state index is -4.30. The number of dihydropyridines is 1. The number of likely N-dealkylation sites (tertiary alicyclic amines) is 1. The second kappa shape index (κ2) is 8.96. The Kier molecular flexibility index (Phi) is 6.14. The summed E-state index contributed by atoms with van der Waals surface area (Å²) < 4.78 is 42.2. The maximum atomic E-state index is 13.4. The molecular formula is C24H26F3N5OS. The first kappa shape index (κ1) is 23.3. The van der Waals surface area contributed by atoms with Crippen LogP contribution in [-0.4, -0.2) is 57.2 Å². The van der Waals surface area contributed by atoms with Gasteiger partial charge in [0.25, 0.3) is 5.91 Å². The average molecular weight is 490 g/mol. The number of aromatic nitrogens is 3. The largest absolute Gasteiger partial charge is 0.416 e. The summed E-state index contributed by atoms with van der Waals surface area (Å²) in [6.45, 7) is 2.73. The van der Waals surface area contributed by atoms with Crippen molar-refractivity contribution in [2.75, 3.05) is 25.4 Å². The maximum Gasteiger partial charge on any atom is 0.416 e. The van der Waals surface area contributed by atoms with Crippen LogP contribution in [0.1, 0.15) is 48.0 Å². The summed E-state index contributed by atoms with van der Waals surface area (Å²) >= 11 is 1.64. The van der Waals surface area contributed by atoms with E-state index in [4.69, 9.17) is 0 Å². The van der Waals surface area contributed by atoms with Crippen molar-refractivity contribution in [1.82, 2.24) is 19.7 Å². The lowest BCUT2D eigenvalue weighted by molar-refractivity contribution is -0.138. The number of aliphatic imine (C=N–C) groups is 1. The summed E-state index contributed by atoms with van der Waals surface area (Å²) in [6, 6.07) is 6.05. The number of thioether (sulfide) groups is 1. The molecule has 6 nitrogen and oxygen atoms in total. The average Bonchev–Trinajstić information content (AvgIpc) is 3.15. The van der Waals surface area contributed by atoms with Crippen LogP contribution in [0.3, 0.4) is 0 Å². The van der Waals surface area contributed by atoms with Gasteiger partial charge in [0, 0.05) is 31.6 Å². The van der Waals surface area contributed by atoms with E-state index < -0.39 is 11.7 Å². The number of rotatable bonds is 7. The van der Waals surface area contributed by atoms with Gasteiger partial charge in [0.05, 0.1) is 11.5 Å². The Morgan fingerprint density at radius 3 is 2.82 bits per heavy atom. The van der Waals surface area contributed by atoms with E-state index in [0.717, 1.165) is 55.6 Å². The summed E-state index contributed by atoms with van der Waals surface area (Å²) in [5, 5.41) is 9.35. The highest BCUT2D eigenvalue weighted by Gasteiger charge is 2.59. The highest BCUT2D eigenvalue weighted by molar-refractivity contribution is 7.99. The summed E-state index contributed by atoms with van der Waals surface area (Å²) in [5.74, 6) is 1.21. The van der Waals surface area contributed by atoms with Crippen LogP contribution in [0, 0.1) is 5.41 Å². The Bertz CT molecular complexity index is 1130. The van der Waals surface area contributed by atoms with E-state index in [1.165, 1.54) is 18.2 Å². The van der Waals surface area contributed by atoms with Crippen molar-refractivity contribution in [3.8, 4) is 0 Å². The fraction of sp³-hybridized carbons (Fsp3) is 0.500. The molecule has 10 heteroatoms. The van der Waals surface area contributed by atoms with Crippen molar-refractivity contribution in [3.05, 3.63) is 53.4 Å². The minimum absolute atomic E-state index is 0.00341. The Morgan fingerprint density at radius 2 is 2.06 bits per heavy atom. The smallest absolute Gasteiger partial charge is 0.308 e. The third-order valence-corrected chi connectivity index (χ3v) is 8.23. The summed E-state index contributed by atoms with van der Waals surface area (Å²) in [5.41, 5.74) is -0.00670. The molecule has 1 spiro atoms. The van der Waals surface area contributed by atoms with Gasteiger partial charge in [-0.1, -0.05) is 36.0 Å². The molecule has 2 unspecified atom stereocenters. The third-order valence-electron chi connectivity index (χ3n) is 7.12. The molecule has 1 aromatic carbocycles. The predicted molar refractivity (Wildman–Crippen MR) is 124 cm³/mol. The minimum Gasteiger partial charge on any atom is -0.308 e. The predicted octanol–water partition coefficient (Wildman–Crippen LogP) is 4.45. The van der Waals surface area contributed by atoms with Crippen LogP contribution >= 0.6 is 11.8 Å². The molecule has 180 valence electrons. The third kappa shape index (κ3) is 4.57. The molecule has 0 N–H and O–H groups in total. The molecule has 3 heterocycles. The van der Waals surface area contributed by atoms with Gasteiger partial charge in [-0.3, -0.25) is 4.79 Å². The molecule has 1 aliphatic carbocycles. The summed E-state index contributed by atoms with van der Waals surface area (Å²) in [6.07, 6.45) is 3.28. The van der Waals surface area contributed by atoms with Gasteiger partial charge in [0.15, 0.2) is 5.16 Å². The van der Waals surface area contributed by atoms with Crippen LogP contribution in [0.2, 0.25) is 0 Å². The van der Waals surface area contributed by atoms with Gasteiger partial charge in [-0.15, -0.1) is 10.2 Å². The van der Waals surface area contributed by atoms with Gasteiger partial charge in [-0.05, 0) is 55.3 Å². The first-order chi connectivity index (χ1) is 16.3. The number of hydrogen-bond donors (Lipinski definition) is 0. The van der Waals surface area contributed by atoms with E-state index in [1.807, 2.05) is 11.6 Å². The van der Waals surface area contributed by atoms with E-state index in [1.54, 1.807) is 36.2 Å². The molecule has 3 aliphatic rings. The lowest BCUT2D eigenvalue weighted by atomic mass is 9.95. The lowest BCUT2D eigenvalue weighted by Crippen LogP contribution is -2.23. The zero-order valence-electron chi connectivity index (χ0n) is 18.8. The lowest BCUT2D eigenvalue weighted by Gasteiger charge is -2.17. The van der Waals surface area contributed by atoms with Crippen molar-refractivity contribution in [1.29, 1.82) is 0 Å². The molecule has 5 rings (SSSR count). The normalized spacial score (nSPS) is 26.6. The van der Waals surface area contributed by atoms with Gasteiger partial charge in [0.2, 0.25) is 0 Å². The quantitative estimate of drug-likeness (QED) is 0.425. The van der Waals surface area contributed by atoms with Crippen LogP contribution in [0.15, 0.2) is 46.6 Å². The molecule has 2 aromatic rings. The Morgan fingerprint density at radius 1 is 1.24 bits per heavy atom. The SMILES string of the molecule is Cn1c(SCCCN2CC[C@]3(CC3c3ccccc3C(F)(F)F)C2)nnc1C1C=CC(=O)N=C1. The first-order valence-corrected chi connectivity index (χ1v) is 12.4. The number of halogens is 3. The first-order valence-electron chi connectivity index (χ1n) is 11.4. The van der Waals surface area contributed by atoms with Crippen molar-refractivity contribution >= 4 is 23.9 Å². The molecule has 2 fully saturated rings. The number of alkyl halides is 3. The van der Waals surface area contributed by atoms with Crippen LogP contribution in [-0.2, 0) is 18.0 Å². The Balaban J connectivity index is 1.11. The molecule has 1 saturated carbocycles. The second-order valence-corrected chi connectivity index (χ2v) is 10.4. The molecule has 0 bridgehead atoms. The molecule has 1 aromatic heterocycles. The van der Waals surface area contributed by atoms with E-state index in [2.05, 4.69) is 20.1 Å². The molecule has 1 amide bonds. The van der Waals surface area contributed by atoms with Gasteiger partial charge in [-0.25, -0.2) is 4.99 Å². The van der Waals surface area contributed by atoms with Crippen LogP contribution in [0.25, 0.3) is 0 Å². The van der Waals surface area contributed by atoms with Gasteiger partial charge in [0.1, 0.15) is 5.82 Å². The highest BCUT2D eigenvalue weighted by Crippen LogP contribution is 2.65. The molecule has 0 radical (unpaired) electrons. The van der Waals surface area contributed by atoms with Crippen LogP contribution in [0.4, 0.5) is 13.2 Å². The molecule has 1 saturated heterocycles. The Hall–Kier alpha value is -2.46. The molecule has 3 atom stereocenters. The van der Waals surface area contributed by atoms with Crippen molar-refractivity contribution in [2.45, 2.75) is 42.4 Å². The number of allylic oxidation sites excluding steroid dienone is 1. The fourth-order valence-corrected chi connectivity index (χ4v) is 6.09. The molecular weight excluding hydrogens is 463 g/mol. The fourth-order valence-electron chi connectivity index (χ4n) is 5.25. The summed E-state index contributed by atoms with van der Waals surface area (Å²) in [7, 11) is 1.91. The van der Waals surface area contributed by atoms with Crippen LogP contribution in [0.5, 0.6) is 0 Å². The number of carbonyl (C=O) groups is 1. The standard InChI is InChI=1S/C24H26F3N5OS/c1-31-21(16-7-8-20(33)28-14-16)29-30-22(31)34-12-4-10-32-11-9-23(15-32)13-19(23)17-5-2-3-6-18(17)24(25,26)27/h2-3,5-8,14,16,19H,4,9-13,15H2,1H3/t16?,19?,23-/m0/s1. The van der Waals surface area contributed by atoms with E-state index in [9.17, 15) is 18.0 Å². The van der Waals surface area contributed by atoms with E-state index in [0.29, 0.717) is 5.56 Å². The highest BCUT2D eigenvalue weighted by atomic mass is 32.2.